The average Bonchev–Trinajstić information content (AvgIpc) is 3.11. The molecular formula is C20H21BrF2N3O4PS. The van der Waals surface area contributed by atoms with Crippen molar-refractivity contribution in [2.24, 2.45) is 0 Å². The summed E-state index contributed by atoms with van der Waals surface area (Å²) >= 11 is 3.96. The predicted molar refractivity (Wildman–Crippen MR) is 122 cm³/mol. The molecule has 0 aliphatic heterocycles. The molecule has 1 aromatic carbocycles. The van der Waals surface area contributed by atoms with Gasteiger partial charge in [0, 0.05) is 26.3 Å². The minimum absolute atomic E-state index is 0.0405. The maximum atomic E-state index is 15.3. The molecule has 12 heteroatoms. The van der Waals surface area contributed by atoms with Gasteiger partial charge in [-0.05, 0) is 67.0 Å². The first-order chi connectivity index (χ1) is 15.1. The number of halogens is 3. The number of thiophene rings is 1. The van der Waals surface area contributed by atoms with Crippen LogP contribution >= 0.6 is 34.9 Å². The van der Waals surface area contributed by atoms with Gasteiger partial charge in [0.15, 0.2) is 0 Å². The average molecular weight is 548 g/mol. The van der Waals surface area contributed by atoms with Crippen LogP contribution in [0.15, 0.2) is 41.0 Å². The van der Waals surface area contributed by atoms with E-state index in [0.29, 0.717) is 15.8 Å². The van der Waals surface area contributed by atoms with Crippen LogP contribution in [0.1, 0.15) is 47.7 Å². The minimum atomic E-state index is -4.76. The van der Waals surface area contributed by atoms with E-state index in [2.05, 4.69) is 31.4 Å². The van der Waals surface area contributed by atoms with E-state index in [0.717, 1.165) is 11.3 Å². The molecule has 0 aliphatic rings. The Morgan fingerprint density at radius 3 is 2.56 bits per heavy atom. The highest BCUT2D eigenvalue weighted by Gasteiger charge is 2.57. The van der Waals surface area contributed by atoms with E-state index >= 15 is 8.78 Å². The summed E-state index contributed by atoms with van der Waals surface area (Å²) in [6, 6.07) is 7.65. The van der Waals surface area contributed by atoms with Gasteiger partial charge in [0.2, 0.25) is 0 Å². The Hall–Kier alpha value is -1.78. The molecule has 2 heterocycles. The van der Waals surface area contributed by atoms with Crippen LogP contribution in [0.4, 0.5) is 8.78 Å². The smallest absolute Gasteiger partial charge is 0.344 e. The highest BCUT2D eigenvalue weighted by Crippen LogP contribution is 2.69. The summed E-state index contributed by atoms with van der Waals surface area (Å²) in [7, 11) is -4.76. The number of benzene rings is 1. The number of rotatable bonds is 9. The molecule has 0 spiro atoms. The molecule has 0 aliphatic carbocycles. The van der Waals surface area contributed by atoms with Gasteiger partial charge in [-0.25, -0.2) is 0 Å². The fraction of sp³-hybridized carbons (Fsp3) is 0.350. The van der Waals surface area contributed by atoms with Gasteiger partial charge < -0.3 is 14.4 Å². The molecule has 0 radical (unpaired) electrons. The molecule has 32 heavy (non-hydrogen) atoms. The normalized spacial score (nSPS) is 13.3. The number of amides is 1. The lowest BCUT2D eigenvalue weighted by atomic mass is 10.1. The van der Waals surface area contributed by atoms with E-state index in [1.54, 1.807) is 25.1 Å². The number of hydrogen-bond acceptors (Lipinski definition) is 7. The molecule has 7 nitrogen and oxygen atoms in total. The summed E-state index contributed by atoms with van der Waals surface area (Å²) in [5.74, 6) is -0.397. The molecular weight excluding hydrogens is 527 g/mol. The highest BCUT2D eigenvalue weighted by atomic mass is 79.9. The zero-order valence-electron chi connectivity index (χ0n) is 17.5. The zero-order chi connectivity index (χ0) is 23.5. The largest absolute Gasteiger partial charge is 0.405 e. The van der Waals surface area contributed by atoms with Crippen molar-refractivity contribution >= 4 is 50.9 Å². The molecule has 0 fully saturated rings. The van der Waals surface area contributed by atoms with E-state index in [4.69, 9.17) is 9.05 Å². The van der Waals surface area contributed by atoms with Crippen LogP contribution in [0.25, 0.3) is 10.1 Å². The standard InChI is InChI=1S/C20H21BrF2N3O4PS/c1-4-29-31(28,30-5-2)20(22,23)18-17(21)14-11-13(8-9-16(14)32-18)19(27)25-12(3)15-7-6-10-24-26-15/h6-12H,4-5H2,1-3H3,(H,25,27)/t12-/m1/s1. The van der Waals surface area contributed by atoms with Gasteiger partial charge in [-0.1, -0.05) is 0 Å². The van der Waals surface area contributed by atoms with Crippen molar-refractivity contribution in [1.82, 2.24) is 15.5 Å². The van der Waals surface area contributed by atoms with E-state index in [1.165, 1.54) is 32.2 Å². The molecule has 1 atom stereocenters. The number of hydrogen-bond donors (Lipinski definition) is 1. The number of carbonyl (C=O) groups excluding carboxylic acids is 1. The van der Waals surface area contributed by atoms with Crippen molar-refractivity contribution in [3.63, 3.8) is 0 Å². The molecule has 0 unspecified atom stereocenters. The Morgan fingerprint density at radius 1 is 1.28 bits per heavy atom. The molecule has 3 aromatic rings. The van der Waals surface area contributed by atoms with Gasteiger partial charge in [-0.2, -0.15) is 19.0 Å². The monoisotopic (exact) mass is 547 g/mol. The van der Waals surface area contributed by atoms with Crippen molar-refractivity contribution < 1.29 is 27.2 Å². The lowest BCUT2D eigenvalue weighted by molar-refractivity contribution is 0.0387. The number of fused-ring (bicyclic) bond motifs is 1. The van der Waals surface area contributed by atoms with Gasteiger partial charge in [-0.3, -0.25) is 9.36 Å². The van der Waals surface area contributed by atoms with Crippen LogP contribution in [0, 0.1) is 0 Å². The molecule has 1 amide bonds. The van der Waals surface area contributed by atoms with Crippen molar-refractivity contribution in [3.05, 3.63) is 57.1 Å². The SMILES string of the molecule is CCOP(=O)(OCC)C(F)(F)c1sc2ccc(C(=O)N[C@H](C)c3cccnn3)cc2c1Br. The Balaban J connectivity index is 1.94. The maximum absolute atomic E-state index is 15.3. The molecule has 0 saturated heterocycles. The molecule has 172 valence electrons. The fourth-order valence-electron chi connectivity index (χ4n) is 2.96. The van der Waals surface area contributed by atoms with Crippen LogP contribution in [0.3, 0.4) is 0 Å². The Bertz CT molecular complexity index is 1150. The molecule has 3 rings (SSSR count). The van der Waals surface area contributed by atoms with E-state index < -0.39 is 30.1 Å². The van der Waals surface area contributed by atoms with E-state index in [-0.39, 0.29) is 23.2 Å². The van der Waals surface area contributed by atoms with E-state index in [9.17, 15) is 9.36 Å². The Labute approximate surface area is 196 Å². The van der Waals surface area contributed by atoms with Crippen LogP contribution in [0.5, 0.6) is 0 Å². The first kappa shape index (κ1) is 24.9. The number of carbonyl (C=O) groups is 1. The molecule has 1 N–H and O–H groups in total. The van der Waals surface area contributed by atoms with Gasteiger partial charge in [0.05, 0.1) is 24.9 Å². The van der Waals surface area contributed by atoms with Crippen LogP contribution in [-0.2, 0) is 19.3 Å². The van der Waals surface area contributed by atoms with Crippen LogP contribution in [0.2, 0.25) is 0 Å². The van der Waals surface area contributed by atoms with E-state index in [1.807, 2.05) is 0 Å². The van der Waals surface area contributed by atoms with Crippen molar-refractivity contribution in [3.8, 4) is 0 Å². The zero-order valence-corrected chi connectivity index (χ0v) is 20.8. The second-order valence-electron chi connectivity index (χ2n) is 6.67. The van der Waals surface area contributed by atoms with Crippen molar-refractivity contribution in [2.45, 2.75) is 32.5 Å². The quantitative estimate of drug-likeness (QED) is 0.318. The highest BCUT2D eigenvalue weighted by molar-refractivity contribution is 9.10. The lowest BCUT2D eigenvalue weighted by Crippen LogP contribution is -2.27. The summed E-state index contributed by atoms with van der Waals surface area (Å²) in [6.45, 7) is 4.31. The topological polar surface area (TPSA) is 90.4 Å². The summed E-state index contributed by atoms with van der Waals surface area (Å²) in [6.07, 6.45) is 1.53. The maximum Gasteiger partial charge on any atom is 0.405 e. The molecule has 0 bridgehead atoms. The third kappa shape index (κ3) is 4.77. The third-order valence-electron chi connectivity index (χ3n) is 4.49. The number of nitrogens with zero attached hydrogens (tertiary/aromatic N) is 2. The van der Waals surface area contributed by atoms with Gasteiger partial charge in [0.1, 0.15) is 4.88 Å². The lowest BCUT2D eigenvalue weighted by Gasteiger charge is -2.25. The first-order valence-electron chi connectivity index (χ1n) is 9.72. The third-order valence-corrected chi connectivity index (χ3v) is 9.07. The van der Waals surface area contributed by atoms with Crippen LogP contribution in [-0.4, -0.2) is 29.3 Å². The summed E-state index contributed by atoms with van der Waals surface area (Å²) in [5.41, 5.74) is -3.01. The summed E-state index contributed by atoms with van der Waals surface area (Å²) < 4.78 is 53.6. The van der Waals surface area contributed by atoms with Gasteiger partial charge >= 0.3 is 13.3 Å². The summed E-state index contributed by atoms with van der Waals surface area (Å²) in [4.78, 5) is 12.2. The molecule has 0 saturated carbocycles. The fourth-order valence-corrected chi connectivity index (χ4v) is 6.93. The van der Waals surface area contributed by atoms with Crippen molar-refractivity contribution in [2.75, 3.05) is 13.2 Å². The Kier molecular flexibility index (Phi) is 7.77. The predicted octanol–water partition coefficient (Wildman–Crippen LogP) is 6.26. The first-order valence-corrected chi connectivity index (χ1v) is 12.9. The van der Waals surface area contributed by atoms with Gasteiger partial charge in [0.25, 0.3) is 5.91 Å². The number of aromatic nitrogens is 2. The second-order valence-corrected chi connectivity index (χ2v) is 10.6. The van der Waals surface area contributed by atoms with Gasteiger partial charge in [-0.15, -0.1) is 11.3 Å². The minimum Gasteiger partial charge on any atom is -0.344 e. The number of alkyl halides is 2. The Morgan fingerprint density at radius 2 is 1.97 bits per heavy atom. The second kappa shape index (κ2) is 10.0. The molecule has 2 aromatic heterocycles. The van der Waals surface area contributed by atoms with Crippen LogP contribution < -0.4 is 5.32 Å². The van der Waals surface area contributed by atoms with Crippen molar-refractivity contribution in [1.29, 1.82) is 0 Å². The summed E-state index contributed by atoms with van der Waals surface area (Å²) in [5, 5.41) is 11.0. The number of nitrogens with one attached hydrogen (secondary N) is 1.